The van der Waals surface area contributed by atoms with Crippen LogP contribution >= 0.6 is 11.3 Å². The van der Waals surface area contributed by atoms with E-state index in [4.69, 9.17) is 9.47 Å². The summed E-state index contributed by atoms with van der Waals surface area (Å²) in [7, 11) is 2.96. The van der Waals surface area contributed by atoms with Gasteiger partial charge in [0.05, 0.1) is 43.8 Å². The fraction of sp³-hybridized carbons (Fsp3) is 0.375. The van der Waals surface area contributed by atoms with Crippen LogP contribution in [0.15, 0.2) is 30.3 Å². The highest BCUT2D eigenvalue weighted by Gasteiger charge is 2.42. The molecule has 3 amide bonds. The lowest BCUT2D eigenvalue weighted by Gasteiger charge is -2.27. The van der Waals surface area contributed by atoms with Gasteiger partial charge in [-0.05, 0) is 19.1 Å². The topological polar surface area (TPSA) is 151 Å². The van der Waals surface area contributed by atoms with E-state index < -0.39 is 30.3 Å². The number of aliphatic hydroxyl groups excluding tert-OH is 1. The van der Waals surface area contributed by atoms with E-state index in [0.29, 0.717) is 36.3 Å². The number of fused-ring (bicyclic) bond motifs is 1. The van der Waals surface area contributed by atoms with Crippen molar-refractivity contribution in [1.29, 1.82) is 0 Å². The molecule has 0 saturated heterocycles. The molecule has 0 aliphatic carbocycles. The van der Waals surface area contributed by atoms with Gasteiger partial charge in [0.1, 0.15) is 5.82 Å². The third-order valence-electron chi connectivity index (χ3n) is 5.92. The first-order chi connectivity index (χ1) is 19.0. The minimum Gasteiger partial charge on any atom is -0.481 e. The van der Waals surface area contributed by atoms with Gasteiger partial charge in [-0.2, -0.15) is 23.1 Å². The highest BCUT2D eigenvalue weighted by Crippen LogP contribution is 2.32. The fourth-order valence-electron chi connectivity index (χ4n) is 3.88. The second-order valence-corrected chi connectivity index (χ2v) is 9.77. The maximum Gasteiger partial charge on any atom is 0.416 e. The Morgan fingerprint density at radius 1 is 1.12 bits per heavy atom. The van der Waals surface area contributed by atoms with Crippen molar-refractivity contribution in [3.05, 3.63) is 46.5 Å². The predicted octanol–water partition coefficient (Wildman–Crippen LogP) is 3.20. The number of amides is 3. The van der Waals surface area contributed by atoms with Gasteiger partial charge in [-0.15, -0.1) is 0 Å². The zero-order chi connectivity index (χ0) is 29.0. The van der Waals surface area contributed by atoms with Crippen LogP contribution in [-0.4, -0.2) is 71.1 Å². The van der Waals surface area contributed by atoms with E-state index in [1.807, 2.05) is 4.90 Å². The average molecular weight is 582 g/mol. The number of carbonyl (C=O) groups is 2. The summed E-state index contributed by atoms with van der Waals surface area (Å²) in [5.41, 5.74) is 0.801. The summed E-state index contributed by atoms with van der Waals surface area (Å²) in [6.07, 6.45) is -7.05. The maximum absolute atomic E-state index is 12.8. The number of thiazole rings is 1. The van der Waals surface area contributed by atoms with Crippen LogP contribution in [0.3, 0.4) is 0 Å². The summed E-state index contributed by atoms with van der Waals surface area (Å²) < 4.78 is 48.7. The number of urea groups is 1. The number of rotatable bonds is 8. The lowest BCUT2D eigenvalue weighted by Crippen LogP contribution is -2.48. The summed E-state index contributed by atoms with van der Waals surface area (Å²) in [5.74, 6) is 0.0763. The SMILES string of the molecule is COc1cc(N2CCc3nc(NC(=O)Nc4ccccc4C(=O)NC(C)C(O)C(F)(F)F)sc3C2)nc(OC)n1. The molecule has 3 heterocycles. The molecule has 2 atom stereocenters. The van der Waals surface area contributed by atoms with E-state index in [2.05, 4.69) is 30.9 Å². The number of aromatic nitrogens is 3. The molecule has 16 heteroatoms. The number of aliphatic hydroxyl groups is 1. The number of hydrogen-bond acceptors (Lipinski definition) is 10. The van der Waals surface area contributed by atoms with E-state index in [1.165, 1.54) is 43.8 Å². The molecule has 2 unspecified atom stereocenters. The van der Waals surface area contributed by atoms with E-state index >= 15 is 0 Å². The summed E-state index contributed by atoms with van der Waals surface area (Å²) in [4.78, 5) is 41.2. The molecule has 0 bridgehead atoms. The molecule has 0 radical (unpaired) electrons. The number of carbonyl (C=O) groups excluding carboxylic acids is 2. The molecule has 1 aromatic carbocycles. The zero-order valence-corrected chi connectivity index (χ0v) is 22.4. The molecule has 0 fully saturated rings. The number of alkyl halides is 3. The van der Waals surface area contributed by atoms with Crippen LogP contribution < -0.4 is 30.3 Å². The van der Waals surface area contributed by atoms with Gasteiger partial charge in [0.15, 0.2) is 11.2 Å². The third-order valence-corrected chi connectivity index (χ3v) is 6.92. The molecular formula is C24H26F3N7O5S. The number of benzene rings is 1. The Hall–Kier alpha value is -4.18. The first kappa shape index (κ1) is 28.8. The summed E-state index contributed by atoms with van der Waals surface area (Å²) in [5, 5.41) is 17.0. The average Bonchev–Trinajstić information content (AvgIpc) is 3.33. The predicted molar refractivity (Wildman–Crippen MR) is 140 cm³/mol. The lowest BCUT2D eigenvalue weighted by molar-refractivity contribution is -0.209. The van der Waals surface area contributed by atoms with Crippen molar-refractivity contribution in [3.8, 4) is 11.9 Å². The monoisotopic (exact) mass is 581 g/mol. The van der Waals surface area contributed by atoms with Crippen LogP contribution in [0.1, 0.15) is 27.9 Å². The van der Waals surface area contributed by atoms with Crippen LogP contribution in [0.4, 0.5) is 34.6 Å². The van der Waals surface area contributed by atoms with Gasteiger partial charge >= 0.3 is 18.2 Å². The van der Waals surface area contributed by atoms with Gasteiger partial charge in [0, 0.05) is 23.9 Å². The first-order valence-corrected chi connectivity index (χ1v) is 12.7. The normalized spacial score (nSPS) is 14.5. The van der Waals surface area contributed by atoms with Crippen molar-refractivity contribution in [3.63, 3.8) is 0 Å². The Balaban J connectivity index is 1.41. The van der Waals surface area contributed by atoms with Crippen LogP contribution in [0.5, 0.6) is 11.9 Å². The maximum atomic E-state index is 12.8. The van der Waals surface area contributed by atoms with Crippen molar-refractivity contribution in [2.45, 2.75) is 38.2 Å². The Morgan fingerprint density at radius 2 is 1.88 bits per heavy atom. The van der Waals surface area contributed by atoms with Crippen LogP contribution in [0.25, 0.3) is 0 Å². The highest BCUT2D eigenvalue weighted by molar-refractivity contribution is 7.15. The molecule has 0 saturated carbocycles. The van der Waals surface area contributed by atoms with Gasteiger partial charge in [0.25, 0.3) is 5.91 Å². The van der Waals surface area contributed by atoms with E-state index in [0.717, 1.165) is 17.5 Å². The highest BCUT2D eigenvalue weighted by atomic mass is 32.1. The Bertz CT molecular complexity index is 1360. The Morgan fingerprint density at radius 3 is 2.58 bits per heavy atom. The molecule has 2 aromatic heterocycles. The first-order valence-electron chi connectivity index (χ1n) is 11.9. The van der Waals surface area contributed by atoms with Crippen molar-refractivity contribution < 1.29 is 37.3 Å². The van der Waals surface area contributed by atoms with Gasteiger partial charge < -0.3 is 30.1 Å². The van der Waals surface area contributed by atoms with Crippen molar-refractivity contribution in [1.82, 2.24) is 20.3 Å². The fourth-order valence-corrected chi connectivity index (χ4v) is 4.90. The number of nitrogens with zero attached hydrogens (tertiary/aromatic N) is 4. The lowest BCUT2D eigenvalue weighted by atomic mass is 10.1. The number of ether oxygens (including phenoxy) is 2. The third kappa shape index (κ3) is 6.69. The second-order valence-electron chi connectivity index (χ2n) is 8.69. The van der Waals surface area contributed by atoms with Gasteiger partial charge in [0.2, 0.25) is 5.88 Å². The van der Waals surface area contributed by atoms with Crippen LogP contribution in [0.2, 0.25) is 0 Å². The Labute approximate surface area is 230 Å². The molecule has 4 N–H and O–H groups in total. The van der Waals surface area contributed by atoms with Crippen LogP contribution in [0, 0.1) is 0 Å². The van der Waals surface area contributed by atoms with Crippen LogP contribution in [-0.2, 0) is 13.0 Å². The summed E-state index contributed by atoms with van der Waals surface area (Å²) >= 11 is 1.27. The number of anilines is 3. The number of nitrogens with one attached hydrogen (secondary N) is 3. The molecule has 1 aliphatic heterocycles. The number of hydrogen-bond donors (Lipinski definition) is 4. The standard InChI is InChI=1S/C24H26F3N7O5S/c1-12(19(35)24(25,26)27)28-20(36)13-6-4-5-7-14(13)29-21(37)33-23-30-15-8-9-34(11-16(15)40-23)17-10-18(38-2)32-22(31-17)39-3/h4-7,10,12,19,35H,8-9,11H2,1-3H3,(H,28,36)(H2,29,30,33,37). The minimum absolute atomic E-state index is 0.0605. The molecule has 40 heavy (non-hydrogen) atoms. The molecule has 214 valence electrons. The minimum atomic E-state index is -4.90. The van der Waals surface area contributed by atoms with Gasteiger partial charge in [-0.1, -0.05) is 23.5 Å². The number of para-hydroxylation sites is 1. The number of halogens is 3. The zero-order valence-electron chi connectivity index (χ0n) is 21.6. The van der Waals surface area contributed by atoms with Crippen molar-refractivity contribution in [2.24, 2.45) is 0 Å². The van der Waals surface area contributed by atoms with Gasteiger partial charge in [-0.3, -0.25) is 10.1 Å². The summed E-state index contributed by atoms with van der Waals surface area (Å²) in [6, 6.07) is 5.36. The molecule has 12 nitrogen and oxygen atoms in total. The largest absolute Gasteiger partial charge is 0.481 e. The molecule has 3 aromatic rings. The number of methoxy groups -OCH3 is 2. The van der Waals surface area contributed by atoms with E-state index in [1.54, 1.807) is 12.1 Å². The quantitative estimate of drug-likeness (QED) is 0.314. The second kappa shape index (κ2) is 11.9. The van der Waals surface area contributed by atoms with Crippen molar-refractivity contribution >= 4 is 39.9 Å². The smallest absolute Gasteiger partial charge is 0.416 e. The van der Waals surface area contributed by atoms with E-state index in [-0.39, 0.29) is 17.3 Å². The summed E-state index contributed by atoms with van der Waals surface area (Å²) in [6.45, 7) is 2.11. The molecule has 0 spiro atoms. The molecular weight excluding hydrogens is 555 g/mol. The Kier molecular flexibility index (Phi) is 8.58. The van der Waals surface area contributed by atoms with Crippen molar-refractivity contribution in [2.75, 3.05) is 36.3 Å². The van der Waals surface area contributed by atoms with Gasteiger partial charge in [-0.25, -0.2) is 9.78 Å². The molecule has 1 aliphatic rings. The van der Waals surface area contributed by atoms with E-state index in [9.17, 15) is 27.9 Å². The molecule has 4 rings (SSSR count).